The normalized spacial score (nSPS) is 20.4. The molecular weight excluding hydrogens is 185 g/mol. The molecule has 0 radical (unpaired) electrons. The Morgan fingerprint density at radius 3 is 2.50 bits per heavy atom. The molecule has 1 heterocycles. The van der Waals surface area contributed by atoms with E-state index in [0.717, 1.165) is 12.2 Å². The van der Waals surface area contributed by atoms with Gasteiger partial charge in [0.25, 0.3) is 0 Å². The number of carbonyl (C=O) groups is 1. The minimum atomic E-state index is -0.819. The quantitative estimate of drug-likeness (QED) is 0.777. The van der Waals surface area contributed by atoms with Crippen molar-refractivity contribution >= 4 is 11.7 Å². The molecule has 0 bridgehead atoms. The van der Waals surface area contributed by atoms with Crippen LogP contribution in [0.4, 0.5) is 10.1 Å². The Kier molecular flexibility index (Phi) is 2.11. The number of aliphatic carboxylic acids is 1. The summed E-state index contributed by atoms with van der Waals surface area (Å²) in [6, 6.07) is 5.44. The molecular formula is C10H10FNO2. The van der Waals surface area contributed by atoms with E-state index >= 15 is 0 Å². The molecule has 1 unspecified atom stereocenters. The van der Waals surface area contributed by atoms with Crippen molar-refractivity contribution in [2.45, 2.75) is 12.5 Å². The van der Waals surface area contributed by atoms with Crippen molar-refractivity contribution in [1.29, 1.82) is 0 Å². The van der Waals surface area contributed by atoms with Crippen LogP contribution in [0.25, 0.3) is 0 Å². The number of nitrogens with zero attached hydrogens (tertiary/aromatic N) is 1. The zero-order chi connectivity index (χ0) is 10.1. The summed E-state index contributed by atoms with van der Waals surface area (Å²) in [5, 5.41) is 8.80. The van der Waals surface area contributed by atoms with E-state index in [-0.39, 0.29) is 5.82 Å². The fourth-order valence-electron chi connectivity index (χ4n) is 1.59. The van der Waals surface area contributed by atoms with Gasteiger partial charge in [0.15, 0.2) is 0 Å². The van der Waals surface area contributed by atoms with Gasteiger partial charge in [-0.3, -0.25) is 0 Å². The lowest BCUT2D eigenvalue weighted by atomic mass is 10.0. The third-order valence-corrected chi connectivity index (χ3v) is 2.46. The first-order valence-corrected chi connectivity index (χ1v) is 4.43. The van der Waals surface area contributed by atoms with E-state index in [9.17, 15) is 9.18 Å². The second kappa shape index (κ2) is 3.29. The van der Waals surface area contributed by atoms with E-state index < -0.39 is 12.0 Å². The van der Waals surface area contributed by atoms with Gasteiger partial charge in [-0.25, -0.2) is 9.18 Å². The predicted molar refractivity (Wildman–Crippen MR) is 49.8 cm³/mol. The molecule has 0 spiro atoms. The van der Waals surface area contributed by atoms with Gasteiger partial charge in [0.2, 0.25) is 0 Å². The average molecular weight is 195 g/mol. The van der Waals surface area contributed by atoms with Crippen molar-refractivity contribution in [2.75, 3.05) is 11.4 Å². The van der Waals surface area contributed by atoms with E-state index in [0.29, 0.717) is 6.42 Å². The van der Waals surface area contributed by atoms with Crippen LogP contribution < -0.4 is 4.90 Å². The van der Waals surface area contributed by atoms with E-state index in [4.69, 9.17) is 5.11 Å². The van der Waals surface area contributed by atoms with Crippen LogP contribution in [0.1, 0.15) is 6.42 Å². The zero-order valence-corrected chi connectivity index (χ0v) is 7.48. The van der Waals surface area contributed by atoms with Crippen molar-refractivity contribution in [1.82, 2.24) is 0 Å². The van der Waals surface area contributed by atoms with Crippen LogP contribution in [0.15, 0.2) is 24.3 Å². The van der Waals surface area contributed by atoms with Crippen LogP contribution in [0.3, 0.4) is 0 Å². The molecule has 1 fully saturated rings. The lowest BCUT2D eigenvalue weighted by molar-refractivity contribution is -0.139. The maximum absolute atomic E-state index is 12.6. The third kappa shape index (κ3) is 1.43. The Morgan fingerprint density at radius 2 is 2.07 bits per heavy atom. The lowest BCUT2D eigenvalue weighted by Crippen LogP contribution is -2.52. The molecule has 4 heteroatoms. The minimum absolute atomic E-state index is 0.304. The molecule has 1 aliphatic heterocycles. The van der Waals surface area contributed by atoms with Gasteiger partial charge in [-0.1, -0.05) is 0 Å². The summed E-state index contributed by atoms with van der Waals surface area (Å²) in [7, 11) is 0. The first-order chi connectivity index (χ1) is 6.68. The minimum Gasteiger partial charge on any atom is -0.480 e. The Bertz CT molecular complexity index is 350. The summed E-state index contributed by atoms with van der Waals surface area (Å²) >= 11 is 0. The number of halogens is 1. The smallest absolute Gasteiger partial charge is 0.326 e. The highest BCUT2D eigenvalue weighted by molar-refractivity contribution is 5.80. The highest BCUT2D eigenvalue weighted by Gasteiger charge is 2.33. The second-order valence-electron chi connectivity index (χ2n) is 3.31. The Morgan fingerprint density at radius 1 is 1.43 bits per heavy atom. The number of carboxylic acid groups (broad SMARTS) is 1. The largest absolute Gasteiger partial charge is 0.480 e. The van der Waals surface area contributed by atoms with E-state index in [2.05, 4.69) is 0 Å². The first kappa shape index (κ1) is 8.99. The third-order valence-electron chi connectivity index (χ3n) is 2.46. The van der Waals surface area contributed by atoms with Crippen LogP contribution in [0, 0.1) is 5.82 Å². The van der Waals surface area contributed by atoms with Crippen LogP contribution in [0.5, 0.6) is 0 Å². The molecule has 14 heavy (non-hydrogen) atoms. The van der Waals surface area contributed by atoms with Crippen molar-refractivity contribution in [2.24, 2.45) is 0 Å². The molecule has 0 saturated carbocycles. The molecule has 1 aromatic rings. The van der Waals surface area contributed by atoms with Crippen molar-refractivity contribution in [3.05, 3.63) is 30.1 Å². The maximum atomic E-state index is 12.6. The topological polar surface area (TPSA) is 40.5 Å². The van der Waals surface area contributed by atoms with Crippen LogP contribution in [0.2, 0.25) is 0 Å². The van der Waals surface area contributed by atoms with E-state index in [1.165, 1.54) is 12.1 Å². The van der Waals surface area contributed by atoms with Gasteiger partial charge in [-0.05, 0) is 30.7 Å². The molecule has 1 N–H and O–H groups in total. The lowest BCUT2D eigenvalue weighted by Gasteiger charge is -2.39. The molecule has 0 aromatic heterocycles. The first-order valence-electron chi connectivity index (χ1n) is 4.43. The number of benzene rings is 1. The molecule has 0 amide bonds. The monoisotopic (exact) mass is 195 g/mol. The number of hydrogen-bond donors (Lipinski definition) is 1. The van der Waals surface area contributed by atoms with Crippen molar-refractivity contribution in [3.63, 3.8) is 0 Å². The summed E-state index contributed by atoms with van der Waals surface area (Å²) in [6.07, 6.45) is 0.659. The van der Waals surface area contributed by atoms with E-state index in [1.54, 1.807) is 17.0 Å². The van der Waals surface area contributed by atoms with Crippen LogP contribution in [-0.4, -0.2) is 23.7 Å². The molecule has 0 aliphatic carbocycles. The van der Waals surface area contributed by atoms with Gasteiger partial charge in [0, 0.05) is 12.2 Å². The number of rotatable bonds is 2. The summed E-state index contributed by atoms with van der Waals surface area (Å²) in [5.74, 6) is -1.12. The van der Waals surface area contributed by atoms with Crippen LogP contribution in [-0.2, 0) is 4.79 Å². The average Bonchev–Trinajstić information content (AvgIpc) is 2.05. The molecule has 1 aliphatic rings. The summed E-state index contributed by atoms with van der Waals surface area (Å²) in [6.45, 7) is 0.725. The van der Waals surface area contributed by atoms with Gasteiger partial charge >= 0.3 is 5.97 Å². The fraction of sp³-hybridized carbons (Fsp3) is 0.300. The summed E-state index contributed by atoms with van der Waals surface area (Å²) in [4.78, 5) is 12.5. The Balaban J connectivity index is 2.16. The molecule has 74 valence electrons. The molecule has 1 aromatic carbocycles. The van der Waals surface area contributed by atoms with Gasteiger partial charge < -0.3 is 10.0 Å². The Hall–Kier alpha value is -1.58. The van der Waals surface area contributed by atoms with Gasteiger partial charge in [-0.15, -0.1) is 0 Å². The number of carboxylic acids is 1. The van der Waals surface area contributed by atoms with Gasteiger partial charge in [-0.2, -0.15) is 0 Å². The van der Waals surface area contributed by atoms with Gasteiger partial charge in [0.05, 0.1) is 0 Å². The molecule has 2 rings (SSSR count). The van der Waals surface area contributed by atoms with Crippen molar-refractivity contribution < 1.29 is 14.3 Å². The predicted octanol–water partition coefficient (Wildman–Crippen LogP) is 1.49. The molecule has 1 saturated heterocycles. The molecule has 1 atom stereocenters. The van der Waals surface area contributed by atoms with E-state index in [1.807, 2.05) is 0 Å². The maximum Gasteiger partial charge on any atom is 0.326 e. The SMILES string of the molecule is O=C(O)C1CCN1c1ccc(F)cc1. The Labute approximate surface area is 80.8 Å². The number of hydrogen-bond acceptors (Lipinski definition) is 2. The second-order valence-corrected chi connectivity index (χ2v) is 3.31. The van der Waals surface area contributed by atoms with Crippen LogP contribution >= 0.6 is 0 Å². The highest BCUT2D eigenvalue weighted by Crippen LogP contribution is 2.26. The fourth-order valence-corrected chi connectivity index (χ4v) is 1.59. The van der Waals surface area contributed by atoms with Gasteiger partial charge in [0.1, 0.15) is 11.9 Å². The standard InChI is InChI=1S/C10H10FNO2/c11-7-1-3-8(4-2-7)12-6-5-9(12)10(13)14/h1-4,9H,5-6H2,(H,13,14). The summed E-state index contributed by atoms with van der Waals surface area (Å²) < 4.78 is 12.6. The zero-order valence-electron chi connectivity index (χ0n) is 7.48. The van der Waals surface area contributed by atoms with Crippen molar-refractivity contribution in [3.8, 4) is 0 Å². The summed E-state index contributed by atoms with van der Waals surface area (Å²) in [5.41, 5.74) is 0.769. The highest BCUT2D eigenvalue weighted by atomic mass is 19.1. The molecule has 3 nitrogen and oxygen atoms in total. The number of anilines is 1.